The van der Waals surface area contributed by atoms with Gasteiger partial charge in [0.1, 0.15) is 5.82 Å². The minimum Gasteiger partial charge on any atom is -0.311 e. The molecule has 3 atom stereocenters. The second-order valence-electron chi connectivity index (χ2n) is 7.19. The molecule has 2 saturated carbocycles. The Morgan fingerprint density at radius 2 is 2.04 bits per heavy atom. The number of anilines is 1. The van der Waals surface area contributed by atoms with Gasteiger partial charge in [-0.1, -0.05) is 30.2 Å². The predicted molar refractivity (Wildman–Crippen MR) is 95.0 cm³/mol. The number of hydrogen-bond donors (Lipinski definition) is 1. The molecule has 2 aromatic rings. The smallest absolute Gasteiger partial charge is 0.225 e. The first-order valence-corrected chi connectivity index (χ1v) is 9.11. The van der Waals surface area contributed by atoms with Crippen LogP contribution in [0.25, 0.3) is 0 Å². The van der Waals surface area contributed by atoms with Gasteiger partial charge in [-0.15, -0.1) is 0 Å². The molecule has 4 rings (SSSR count). The van der Waals surface area contributed by atoms with E-state index < -0.39 is 0 Å². The third-order valence-corrected chi connectivity index (χ3v) is 5.81. The number of rotatable bonds is 5. The Hall–Kier alpha value is -1.81. The standard InChI is InChI=1S/C19H22ClN3O/c20-17-5-2-13(3-6-17)12-23-18(7-8-21-23)22-19(24)11-16-10-14-1-4-15(16)9-14/h2-3,5-8,14-16H,1,4,9-12H2,(H,22,24). The minimum absolute atomic E-state index is 0.116. The van der Waals surface area contributed by atoms with Crippen molar-refractivity contribution >= 4 is 23.3 Å². The normalized spacial score (nSPS) is 25.1. The fourth-order valence-corrected chi connectivity index (χ4v) is 4.51. The number of nitrogens with one attached hydrogen (secondary N) is 1. The zero-order chi connectivity index (χ0) is 16.5. The molecule has 1 heterocycles. The maximum Gasteiger partial charge on any atom is 0.225 e. The molecule has 24 heavy (non-hydrogen) atoms. The molecule has 1 N–H and O–H groups in total. The lowest BCUT2D eigenvalue weighted by molar-refractivity contribution is -0.117. The van der Waals surface area contributed by atoms with Gasteiger partial charge >= 0.3 is 0 Å². The van der Waals surface area contributed by atoms with Crippen molar-refractivity contribution in [3.8, 4) is 0 Å². The van der Waals surface area contributed by atoms with E-state index in [-0.39, 0.29) is 5.91 Å². The number of fused-ring (bicyclic) bond motifs is 2. The highest BCUT2D eigenvalue weighted by molar-refractivity contribution is 6.30. The average molecular weight is 344 g/mol. The number of amides is 1. The maximum atomic E-state index is 12.4. The number of carbonyl (C=O) groups excluding carboxylic acids is 1. The number of aromatic nitrogens is 2. The zero-order valence-corrected chi connectivity index (χ0v) is 14.4. The summed E-state index contributed by atoms with van der Waals surface area (Å²) in [6.45, 7) is 0.619. The molecular weight excluding hydrogens is 322 g/mol. The van der Waals surface area contributed by atoms with Gasteiger partial charge in [-0.25, -0.2) is 4.68 Å². The molecule has 2 bridgehead atoms. The van der Waals surface area contributed by atoms with Crippen LogP contribution in [0, 0.1) is 17.8 Å². The molecule has 0 spiro atoms. The number of carbonyl (C=O) groups is 1. The van der Waals surface area contributed by atoms with Crippen molar-refractivity contribution < 1.29 is 4.79 Å². The van der Waals surface area contributed by atoms with Crippen LogP contribution in [0.5, 0.6) is 0 Å². The van der Waals surface area contributed by atoms with E-state index in [0.29, 0.717) is 18.9 Å². The maximum absolute atomic E-state index is 12.4. The third-order valence-electron chi connectivity index (χ3n) is 5.56. The molecule has 5 heteroatoms. The zero-order valence-electron chi connectivity index (χ0n) is 13.6. The molecule has 3 unspecified atom stereocenters. The number of halogens is 1. The summed E-state index contributed by atoms with van der Waals surface area (Å²) in [6.07, 6.45) is 7.64. The van der Waals surface area contributed by atoms with Crippen molar-refractivity contribution in [2.45, 2.75) is 38.6 Å². The van der Waals surface area contributed by atoms with E-state index in [1.807, 2.05) is 35.0 Å². The van der Waals surface area contributed by atoms with Crippen LogP contribution in [0.1, 0.15) is 37.7 Å². The fourth-order valence-electron chi connectivity index (χ4n) is 4.39. The lowest BCUT2D eigenvalue weighted by atomic mass is 9.86. The highest BCUT2D eigenvalue weighted by atomic mass is 35.5. The summed E-state index contributed by atoms with van der Waals surface area (Å²) in [4.78, 5) is 12.4. The Balaban J connectivity index is 1.37. The van der Waals surface area contributed by atoms with Crippen molar-refractivity contribution in [3.63, 3.8) is 0 Å². The van der Waals surface area contributed by atoms with Crippen LogP contribution in [-0.4, -0.2) is 15.7 Å². The molecule has 1 aromatic heterocycles. The topological polar surface area (TPSA) is 46.9 Å². The van der Waals surface area contributed by atoms with Crippen LogP contribution in [0.2, 0.25) is 5.02 Å². The molecule has 1 amide bonds. The van der Waals surface area contributed by atoms with E-state index in [0.717, 1.165) is 28.2 Å². The molecule has 0 saturated heterocycles. The Labute approximate surface area is 147 Å². The summed E-state index contributed by atoms with van der Waals surface area (Å²) in [6, 6.07) is 9.55. The van der Waals surface area contributed by atoms with Gasteiger partial charge in [-0.05, 0) is 54.7 Å². The molecular formula is C19H22ClN3O. The van der Waals surface area contributed by atoms with E-state index in [4.69, 9.17) is 11.6 Å². The molecule has 2 aliphatic rings. The van der Waals surface area contributed by atoms with Crippen LogP contribution in [0.4, 0.5) is 5.82 Å². The lowest BCUT2D eigenvalue weighted by Gasteiger charge is -2.21. The Morgan fingerprint density at radius 1 is 1.21 bits per heavy atom. The van der Waals surface area contributed by atoms with Crippen molar-refractivity contribution in [2.75, 3.05) is 5.32 Å². The number of benzene rings is 1. The average Bonchev–Trinajstić information content (AvgIpc) is 3.27. The van der Waals surface area contributed by atoms with E-state index in [9.17, 15) is 4.79 Å². The fraction of sp³-hybridized carbons (Fsp3) is 0.474. The number of nitrogens with zero attached hydrogens (tertiary/aromatic N) is 2. The Morgan fingerprint density at radius 3 is 2.75 bits per heavy atom. The summed E-state index contributed by atoms with van der Waals surface area (Å²) in [7, 11) is 0. The SMILES string of the molecule is O=C(CC1CC2CCC1C2)Nc1ccnn1Cc1ccc(Cl)cc1. The molecule has 0 aliphatic heterocycles. The van der Waals surface area contributed by atoms with Gasteiger partial charge in [0.2, 0.25) is 5.91 Å². The highest BCUT2D eigenvalue weighted by Gasteiger charge is 2.40. The van der Waals surface area contributed by atoms with Crippen LogP contribution < -0.4 is 5.32 Å². The second-order valence-corrected chi connectivity index (χ2v) is 7.62. The van der Waals surface area contributed by atoms with Crippen molar-refractivity contribution in [2.24, 2.45) is 17.8 Å². The third kappa shape index (κ3) is 3.34. The van der Waals surface area contributed by atoms with Gasteiger partial charge in [-0.2, -0.15) is 5.10 Å². The first kappa shape index (κ1) is 15.7. The molecule has 2 fully saturated rings. The largest absolute Gasteiger partial charge is 0.311 e. The van der Waals surface area contributed by atoms with E-state index in [1.54, 1.807) is 6.20 Å². The number of hydrogen-bond acceptors (Lipinski definition) is 2. The molecule has 2 aliphatic carbocycles. The van der Waals surface area contributed by atoms with Gasteiger partial charge in [0, 0.05) is 17.5 Å². The van der Waals surface area contributed by atoms with E-state index >= 15 is 0 Å². The van der Waals surface area contributed by atoms with Crippen LogP contribution >= 0.6 is 11.6 Å². The van der Waals surface area contributed by atoms with Gasteiger partial charge in [-0.3, -0.25) is 4.79 Å². The molecule has 0 radical (unpaired) electrons. The summed E-state index contributed by atoms with van der Waals surface area (Å²) in [5.41, 5.74) is 1.10. The molecule has 4 nitrogen and oxygen atoms in total. The first-order chi connectivity index (χ1) is 11.7. The summed E-state index contributed by atoms with van der Waals surface area (Å²) >= 11 is 5.92. The highest BCUT2D eigenvalue weighted by Crippen LogP contribution is 2.49. The second kappa shape index (κ2) is 6.60. The molecule has 1 aromatic carbocycles. The summed E-state index contributed by atoms with van der Waals surface area (Å²) in [5, 5.41) is 8.09. The molecule has 126 valence electrons. The van der Waals surface area contributed by atoms with Gasteiger partial charge in [0.25, 0.3) is 0 Å². The van der Waals surface area contributed by atoms with Gasteiger partial charge < -0.3 is 5.32 Å². The van der Waals surface area contributed by atoms with Gasteiger partial charge in [0.05, 0.1) is 12.7 Å². The predicted octanol–water partition coefficient (Wildman–Crippen LogP) is 4.35. The quantitative estimate of drug-likeness (QED) is 0.877. The van der Waals surface area contributed by atoms with Crippen LogP contribution in [-0.2, 0) is 11.3 Å². The Bertz CT molecular complexity index is 724. The van der Waals surface area contributed by atoms with Gasteiger partial charge in [0.15, 0.2) is 0 Å². The van der Waals surface area contributed by atoms with Crippen LogP contribution in [0.15, 0.2) is 36.5 Å². The minimum atomic E-state index is 0.116. The van der Waals surface area contributed by atoms with E-state index in [1.165, 1.54) is 25.7 Å². The van der Waals surface area contributed by atoms with Crippen molar-refractivity contribution in [1.29, 1.82) is 0 Å². The Kier molecular flexibility index (Phi) is 4.31. The van der Waals surface area contributed by atoms with Crippen molar-refractivity contribution in [3.05, 3.63) is 47.1 Å². The summed E-state index contributed by atoms with van der Waals surface area (Å²) < 4.78 is 1.82. The lowest BCUT2D eigenvalue weighted by Crippen LogP contribution is -2.22. The monoisotopic (exact) mass is 343 g/mol. The summed E-state index contributed by atoms with van der Waals surface area (Å²) in [5.74, 6) is 3.11. The van der Waals surface area contributed by atoms with Crippen molar-refractivity contribution in [1.82, 2.24) is 9.78 Å². The first-order valence-electron chi connectivity index (χ1n) is 8.73. The van der Waals surface area contributed by atoms with Crippen LogP contribution in [0.3, 0.4) is 0 Å². The van der Waals surface area contributed by atoms with E-state index in [2.05, 4.69) is 10.4 Å².